The molecule has 0 aliphatic carbocycles. The average Bonchev–Trinajstić information content (AvgIpc) is 3.14. The number of unbranched alkanes of at least 4 members (excludes halogenated alkanes) is 11. The van der Waals surface area contributed by atoms with Gasteiger partial charge in [0.1, 0.15) is 11.5 Å². The highest BCUT2D eigenvalue weighted by Crippen LogP contribution is 2.30. The Hall–Kier alpha value is -1.80. The van der Waals surface area contributed by atoms with E-state index in [4.69, 9.17) is 5.73 Å². The van der Waals surface area contributed by atoms with Gasteiger partial charge in [0.15, 0.2) is 0 Å². The van der Waals surface area contributed by atoms with Crippen molar-refractivity contribution in [2.24, 2.45) is 12.8 Å². The molecule has 1 aromatic heterocycles. The lowest BCUT2D eigenvalue weighted by Gasteiger charge is -2.24. The van der Waals surface area contributed by atoms with Crippen LogP contribution in [0, 0.1) is 0 Å². The largest absolute Gasteiger partial charge is 0.391 e. The maximum atomic E-state index is 13.2. The Morgan fingerprint density at radius 1 is 0.882 bits per heavy atom. The minimum Gasteiger partial charge on any atom is -0.391 e. The summed E-state index contributed by atoms with van der Waals surface area (Å²) in [6, 6.07) is 0. The van der Waals surface area contributed by atoms with Crippen LogP contribution >= 0.6 is 0 Å². The van der Waals surface area contributed by atoms with E-state index in [0.717, 1.165) is 51.5 Å². The Balaban J connectivity index is 1.94. The number of nitrogens with two attached hydrogens (primary N) is 1. The Kier molecular flexibility index (Phi) is 12.8. The minimum atomic E-state index is -0.465. The second kappa shape index (κ2) is 15.2. The third-order valence-electron chi connectivity index (χ3n) is 6.97. The Morgan fingerprint density at radius 3 is 2.12 bits per heavy atom. The van der Waals surface area contributed by atoms with Gasteiger partial charge in [0.05, 0.1) is 12.8 Å². The van der Waals surface area contributed by atoms with Gasteiger partial charge in [0, 0.05) is 27.2 Å². The van der Waals surface area contributed by atoms with E-state index in [1.807, 2.05) is 16.8 Å². The third-order valence-corrected chi connectivity index (χ3v) is 6.97. The molecule has 2 rings (SSSR count). The number of aromatic nitrogens is 2. The average molecular weight is 480 g/mol. The molecular weight excluding hydrogens is 430 g/mol. The lowest BCUT2D eigenvalue weighted by atomic mass is 10.1. The molecule has 1 aliphatic rings. The number of nitrogens with zero attached hydrogens (tertiary/aromatic N) is 4. The molecule has 1 atom stereocenters. The zero-order chi connectivity index (χ0) is 24.9. The molecule has 196 valence electrons. The van der Waals surface area contributed by atoms with Crippen molar-refractivity contribution in [3.8, 4) is 0 Å². The first-order valence-corrected chi connectivity index (χ1v) is 13.6. The molecule has 1 unspecified atom stereocenters. The number of β-amino-alcohol motifs (C(OH)–C–C–N with tert-alkyl or cyclic N) is 1. The van der Waals surface area contributed by atoms with Gasteiger partial charge in [-0.15, -0.1) is 0 Å². The van der Waals surface area contributed by atoms with Gasteiger partial charge in [-0.05, 0) is 25.8 Å². The Labute approximate surface area is 205 Å². The van der Waals surface area contributed by atoms with Gasteiger partial charge >= 0.3 is 5.69 Å². The van der Waals surface area contributed by atoms with Crippen LogP contribution in [-0.4, -0.2) is 47.2 Å². The first-order chi connectivity index (χ1) is 16.4. The van der Waals surface area contributed by atoms with Crippen LogP contribution in [0.25, 0.3) is 0 Å². The van der Waals surface area contributed by atoms with Crippen molar-refractivity contribution in [3.05, 3.63) is 20.8 Å². The highest BCUT2D eigenvalue weighted by atomic mass is 16.3. The van der Waals surface area contributed by atoms with E-state index in [9.17, 15) is 14.7 Å². The van der Waals surface area contributed by atoms with E-state index in [1.165, 1.54) is 49.5 Å². The van der Waals surface area contributed by atoms with Crippen LogP contribution in [0.5, 0.6) is 0 Å². The molecule has 34 heavy (non-hydrogen) atoms. The lowest BCUT2D eigenvalue weighted by molar-refractivity contribution is 0.166. The van der Waals surface area contributed by atoms with Crippen LogP contribution < -0.4 is 26.8 Å². The Morgan fingerprint density at radius 2 is 1.47 bits per heavy atom. The summed E-state index contributed by atoms with van der Waals surface area (Å²) >= 11 is 0. The highest BCUT2D eigenvalue weighted by Gasteiger charge is 2.32. The van der Waals surface area contributed by atoms with Crippen LogP contribution in [-0.2, 0) is 13.6 Å². The van der Waals surface area contributed by atoms with E-state index < -0.39 is 6.10 Å². The van der Waals surface area contributed by atoms with Crippen molar-refractivity contribution >= 4 is 11.5 Å². The van der Waals surface area contributed by atoms with Gasteiger partial charge < -0.3 is 20.6 Å². The van der Waals surface area contributed by atoms with E-state index >= 15 is 0 Å². The van der Waals surface area contributed by atoms with Gasteiger partial charge in [-0.1, -0.05) is 77.6 Å². The van der Waals surface area contributed by atoms with Crippen molar-refractivity contribution in [1.29, 1.82) is 0 Å². The van der Waals surface area contributed by atoms with Gasteiger partial charge in [0.2, 0.25) is 0 Å². The van der Waals surface area contributed by atoms with Crippen LogP contribution in [0.2, 0.25) is 0 Å². The summed E-state index contributed by atoms with van der Waals surface area (Å²) in [5.41, 5.74) is 5.62. The fourth-order valence-corrected chi connectivity index (χ4v) is 4.98. The molecule has 0 saturated carbocycles. The number of aliphatic hydroxyl groups is 1. The summed E-state index contributed by atoms with van der Waals surface area (Å²) in [4.78, 5) is 30.1. The monoisotopic (exact) mass is 479 g/mol. The molecule has 0 radical (unpaired) electrons. The number of hydrogen-bond acceptors (Lipinski definition) is 6. The van der Waals surface area contributed by atoms with E-state index in [1.54, 1.807) is 11.6 Å². The van der Waals surface area contributed by atoms with Crippen LogP contribution in [0.4, 0.5) is 11.5 Å². The summed E-state index contributed by atoms with van der Waals surface area (Å²) in [6.45, 7) is 4.37. The van der Waals surface area contributed by atoms with Crippen molar-refractivity contribution in [2.45, 2.75) is 109 Å². The zero-order valence-electron chi connectivity index (χ0n) is 21.9. The van der Waals surface area contributed by atoms with Gasteiger partial charge in [-0.2, -0.15) is 0 Å². The standard InChI is InChI=1S/C26H49N5O3/c1-4-5-6-7-11-14-17-22(32)20-30-21-28(2)23-24(30)29(3)26(34)31(25(23)33)19-16-13-10-8-9-12-15-18-27/h22,32H,4-21,27H2,1-3H3. The number of fused-ring (bicyclic) bond motifs is 1. The number of anilines is 2. The van der Waals surface area contributed by atoms with Gasteiger partial charge in [-0.3, -0.25) is 13.9 Å². The third kappa shape index (κ3) is 8.15. The maximum absolute atomic E-state index is 13.2. The molecule has 0 amide bonds. The molecular formula is C26H49N5O3. The summed E-state index contributed by atoms with van der Waals surface area (Å²) < 4.78 is 2.98. The van der Waals surface area contributed by atoms with E-state index in [0.29, 0.717) is 31.3 Å². The summed E-state index contributed by atoms with van der Waals surface area (Å²) in [5, 5.41) is 10.6. The Bertz CT molecular complexity index is 835. The number of rotatable bonds is 18. The van der Waals surface area contributed by atoms with Crippen LogP contribution in [0.3, 0.4) is 0 Å². The normalized spacial score (nSPS) is 14.1. The van der Waals surface area contributed by atoms with Crippen molar-refractivity contribution in [3.63, 3.8) is 0 Å². The van der Waals surface area contributed by atoms with Crippen LogP contribution in [0.15, 0.2) is 9.59 Å². The zero-order valence-corrected chi connectivity index (χ0v) is 21.9. The summed E-state index contributed by atoms with van der Waals surface area (Å²) in [6.07, 6.45) is 15.0. The quantitative estimate of drug-likeness (QED) is 0.313. The van der Waals surface area contributed by atoms with Crippen molar-refractivity contribution in [1.82, 2.24) is 9.13 Å². The summed E-state index contributed by atoms with van der Waals surface area (Å²) in [7, 11) is 3.62. The highest BCUT2D eigenvalue weighted by molar-refractivity contribution is 5.71. The predicted molar refractivity (Wildman–Crippen MR) is 142 cm³/mol. The molecule has 0 fully saturated rings. The fraction of sp³-hybridized carbons (Fsp3) is 0.846. The molecule has 8 nitrogen and oxygen atoms in total. The fourth-order valence-electron chi connectivity index (χ4n) is 4.98. The molecule has 1 aromatic rings. The topological polar surface area (TPSA) is 96.7 Å². The number of aliphatic hydroxyl groups excluding tert-OH is 1. The van der Waals surface area contributed by atoms with E-state index in [2.05, 4.69) is 6.92 Å². The second-order valence-electron chi connectivity index (χ2n) is 10.0. The van der Waals surface area contributed by atoms with Crippen LogP contribution in [0.1, 0.15) is 96.8 Å². The minimum absolute atomic E-state index is 0.212. The molecule has 0 aromatic carbocycles. The van der Waals surface area contributed by atoms with Gasteiger partial charge in [0.25, 0.3) is 5.56 Å². The molecule has 2 heterocycles. The smallest absolute Gasteiger partial charge is 0.332 e. The van der Waals surface area contributed by atoms with Crippen molar-refractivity contribution in [2.75, 3.05) is 36.6 Å². The van der Waals surface area contributed by atoms with Crippen molar-refractivity contribution < 1.29 is 5.11 Å². The van der Waals surface area contributed by atoms with E-state index in [-0.39, 0.29) is 11.2 Å². The molecule has 0 spiro atoms. The molecule has 0 bridgehead atoms. The molecule has 0 saturated heterocycles. The van der Waals surface area contributed by atoms with Gasteiger partial charge in [-0.25, -0.2) is 4.79 Å². The SMILES string of the molecule is CCCCCCCCC(O)CN1CN(C)c2c1n(C)c(=O)n(CCCCCCCCCN)c2=O. The first kappa shape index (κ1) is 28.4. The molecule has 1 aliphatic heterocycles. The maximum Gasteiger partial charge on any atom is 0.332 e. The number of hydrogen-bond donors (Lipinski definition) is 2. The molecule has 3 N–H and O–H groups in total. The predicted octanol–water partition coefficient (Wildman–Crippen LogP) is 3.56. The summed E-state index contributed by atoms with van der Waals surface area (Å²) in [5.74, 6) is 0.635. The lowest BCUT2D eigenvalue weighted by Crippen LogP contribution is -2.41. The molecule has 8 heteroatoms. The first-order valence-electron chi connectivity index (χ1n) is 13.6. The second-order valence-corrected chi connectivity index (χ2v) is 10.0.